The molecule has 19 heavy (non-hydrogen) atoms. The highest BCUT2D eigenvalue weighted by molar-refractivity contribution is 5.78. The fraction of sp³-hybridized carbons (Fsp3) is 0.500. The first-order valence-corrected chi connectivity index (χ1v) is 6.41. The number of nitrogens with zero attached hydrogens (tertiary/aromatic N) is 2. The summed E-state index contributed by atoms with van der Waals surface area (Å²) in [6.07, 6.45) is 0. The van der Waals surface area contributed by atoms with Gasteiger partial charge in [-0.15, -0.1) is 0 Å². The number of carbonyl (C=O) groups is 1. The van der Waals surface area contributed by atoms with Crippen molar-refractivity contribution in [1.82, 2.24) is 9.80 Å². The van der Waals surface area contributed by atoms with E-state index >= 15 is 0 Å². The minimum Gasteiger partial charge on any atom is -0.505 e. The lowest BCUT2D eigenvalue weighted by atomic mass is 10.2. The summed E-state index contributed by atoms with van der Waals surface area (Å²) in [5.41, 5.74) is 0.727. The molecule has 4 nitrogen and oxygen atoms in total. The maximum Gasteiger partial charge on any atom is 0.236 e. The zero-order valence-electron chi connectivity index (χ0n) is 11.7. The van der Waals surface area contributed by atoms with E-state index in [0.717, 1.165) is 5.56 Å². The third-order valence-electron chi connectivity index (χ3n) is 2.99. The molecule has 0 aromatic heterocycles. The highest BCUT2D eigenvalue weighted by atomic mass is 19.1. The second kappa shape index (κ2) is 7.09. The molecule has 1 rings (SSSR count). The average Bonchev–Trinajstić information content (AvgIpc) is 2.35. The van der Waals surface area contributed by atoms with E-state index < -0.39 is 5.82 Å². The summed E-state index contributed by atoms with van der Waals surface area (Å²) in [7, 11) is 1.81. The van der Waals surface area contributed by atoms with Crippen molar-refractivity contribution in [3.05, 3.63) is 29.6 Å². The number of likely N-dealkylation sites (N-methyl/N-ethyl adjacent to an activating group) is 2. The van der Waals surface area contributed by atoms with Crippen molar-refractivity contribution < 1.29 is 14.3 Å². The van der Waals surface area contributed by atoms with Crippen LogP contribution in [-0.2, 0) is 11.3 Å². The number of phenolic OH excluding ortho intramolecular Hbond substituents is 1. The predicted octanol–water partition coefficient (Wildman–Crippen LogP) is 1.83. The lowest BCUT2D eigenvalue weighted by Crippen LogP contribution is -2.38. The molecule has 0 saturated carbocycles. The molecule has 1 N–H and O–H groups in total. The smallest absolute Gasteiger partial charge is 0.236 e. The van der Waals surface area contributed by atoms with E-state index in [1.54, 1.807) is 11.0 Å². The van der Waals surface area contributed by atoms with Crippen LogP contribution in [0.25, 0.3) is 0 Å². The first-order valence-electron chi connectivity index (χ1n) is 6.41. The topological polar surface area (TPSA) is 43.8 Å². The van der Waals surface area contributed by atoms with Gasteiger partial charge in [-0.25, -0.2) is 4.39 Å². The molecule has 106 valence electrons. The van der Waals surface area contributed by atoms with E-state index in [-0.39, 0.29) is 11.7 Å². The van der Waals surface area contributed by atoms with Crippen LogP contribution in [0.3, 0.4) is 0 Å². The van der Waals surface area contributed by atoms with Crippen LogP contribution in [0.5, 0.6) is 5.75 Å². The Labute approximate surface area is 113 Å². The number of carbonyl (C=O) groups excluding carboxylic acids is 1. The molecule has 0 heterocycles. The van der Waals surface area contributed by atoms with Crippen molar-refractivity contribution in [3.8, 4) is 5.75 Å². The molecule has 0 saturated heterocycles. The summed E-state index contributed by atoms with van der Waals surface area (Å²) in [5.74, 6) is -0.932. The van der Waals surface area contributed by atoms with Gasteiger partial charge in [-0.05, 0) is 38.6 Å². The molecule has 1 aromatic carbocycles. The second-order valence-corrected chi connectivity index (χ2v) is 4.52. The number of halogens is 1. The first-order chi connectivity index (χ1) is 8.97. The van der Waals surface area contributed by atoms with Gasteiger partial charge < -0.3 is 10.0 Å². The van der Waals surface area contributed by atoms with Gasteiger partial charge in [0, 0.05) is 19.6 Å². The molecular formula is C14H21FN2O2. The van der Waals surface area contributed by atoms with Gasteiger partial charge in [-0.2, -0.15) is 0 Å². The summed E-state index contributed by atoms with van der Waals surface area (Å²) >= 11 is 0. The Balaban J connectivity index is 2.57. The van der Waals surface area contributed by atoms with Gasteiger partial charge in [0.25, 0.3) is 0 Å². The Morgan fingerprint density at radius 3 is 2.47 bits per heavy atom. The van der Waals surface area contributed by atoms with Crippen LogP contribution in [-0.4, -0.2) is 47.5 Å². The Morgan fingerprint density at radius 1 is 1.32 bits per heavy atom. The lowest BCUT2D eigenvalue weighted by molar-refractivity contribution is -0.131. The van der Waals surface area contributed by atoms with Crippen LogP contribution < -0.4 is 0 Å². The predicted molar refractivity (Wildman–Crippen MR) is 72.3 cm³/mol. The molecule has 0 aliphatic rings. The van der Waals surface area contributed by atoms with Crippen LogP contribution in [0.4, 0.5) is 4.39 Å². The number of benzene rings is 1. The van der Waals surface area contributed by atoms with Gasteiger partial charge in [-0.1, -0.05) is 6.07 Å². The summed E-state index contributed by atoms with van der Waals surface area (Å²) in [4.78, 5) is 15.5. The Bertz CT molecular complexity index is 433. The maximum absolute atomic E-state index is 13.2. The summed E-state index contributed by atoms with van der Waals surface area (Å²) in [6, 6.07) is 4.26. The molecular weight excluding hydrogens is 247 g/mol. The first kappa shape index (κ1) is 15.4. The summed E-state index contributed by atoms with van der Waals surface area (Å²) < 4.78 is 13.2. The molecule has 0 spiro atoms. The zero-order chi connectivity index (χ0) is 14.4. The van der Waals surface area contributed by atoms with Gasteiger partial charge in [0.2, 0.25) is 5.91 Å². The highest BCUT2D eigenvalue weighted by Gasteiger charge is 2.13. The molecule has 0 unspecified atom stereocenters. The van der Waals surface area contributed by atoms with Crippen molar-refractivity contribution in [2.75, 3.05) is 26.7 Å². The zero-order valence-corrected chi connectivity index (χ0v) is 11.7. The van der Waals surface area contributed by atoms with E-state index in [4.69, 9.17) is 5.11 Å². The number of hydrogen-bond donors (Lipinski definition) is 1. The van der Waals surface area contributed by atoms with Gasteiger partial charge in [0.1, 0.15) is 0 Å². The normalized spacial score (nSPS) is 10.8. The molecule has 0 aliphatic carbocycles. The minimum absolute atomic E-state index is 0.0618. The molecule has 0 fully saturated rings. The second-order valence-electron chi connectivity index (χ2n) is 4.52. The minimum atomic E-state index is -0.638. The highest BCUT2D eigenvalue weighted by Crippen LogP contribution is 2.16. The maximum atomic E-state index is 13.2. The van der Waals surface area contributed by atoms with Crippen LogP contribution in [0, 0.1) is 5.82 Å². The molecule has 1 aromatic rings. The van der Waals surface area contributed by atoms with Crippen molar-refractivity contribution in [2.45, 2.75) is 20.4 Å². The molecule has 0 radical (unpaired) electrons. The quantitative estimate of drug-likeness (QED) is 0.856. The summed E-state index contributed by atoms with van der Waals surface area (Å²) in [5, 5.41) is 9.11. The number of amides is 1. The fourth-order valence-electron chi connectivity index (χ4n) is 1.92. The van der Waals surface area contributed by atoms with Crippen LogP contribution in [0.1, 0.15) is 19.4 Å². The molecule has 1 amide bonds. The Hall–Kier alpha value is -1.62. The van der Waals surface area contributed by atoms with E-state index in [1.807, 2.05) is 25.8 Å². The van der Waals surface area contributed by atoms with E-state index in [9.17, 15) is 9.18 Å². The SMILES string of the molecule is CCN(CC)C(=O)CN(C)Cc1ccc(O)c(F)c1. The molecule has 0 bridgehead atoms. The monoisotopic (exact) mass is 268 g/mol. The van der Waals surface area contributed by atoms with Gasteiger partial charge in [0.15, 0.2) is 11.6 Å². The van der Waals surface area contributed by atoms with Crippen LogP contribution >= 0.6 is 0 Å². The fourth-order valence-corrected chi connectivity index (χ4v) is 1.92. The van der Waals surface area contributed by atoms with Gasteiger partial charge >= 0.3 is 0 Å². The molecule has 5 heteroatoms. The van der Waals surface area contributed by atoms with Crippen molar-refractivity contribution in [2.24, 2.45) is 0 Å². The molecule has 0 atom stereocenters. The third-order valence-corrected chi connectivity index (χ3v) is 2.99. The largest absolute Gasteiger partial charge is 0.505 e. The van der Waals surface area contributed by atoms with Crippen LogP contribution in [0.15, 0.2) is 18.2 Å². The Morgan fingerprint density at radius 2 is 1.95 bits per heavy atom. The van der Waals surface area contributed by atoms with E-state index in [1.165, 1.54) is 12.1 Å². The van der Waals surface area contributed by atoms with Crippen LogP contribution in [0.2, 0.25) is 0 Å². The van der Waals surface area contributed by atoms with Gasteiger partial charge in [0.05, 0.1) is 6.54 Å². The summed E-state index contributed by atoms with van der Waals surface area (Å²) in [6.45, 7) is 6.02. The van der Waals surface area contributed by atoms with E-state index in [0.29, 0.717) is 26.2 Å². The van der Waals surface area contributed by atoms with Crippen molar-refractivity contribution >= 4 is 5.91 Å². The number of phenols is 1. The van der Waals surface area contributed by atoms with E-state index in [2.05, 4.69) is 0 Å². The van der Waals surface area contributed by atoms with Crippen molar-refractivity contribution in [1.29, 1.82) is 0 Å². The number of hydrogen-bond acceptors (Lipinski definition) is 3. The standard InChI is InChI=1S/C14H21FN2O2/c1-4-17(5-2)14(19)10-16(3)9-11-6-7-13(18)12(15)8-11/h6-8,18H,4-5,9-10H2,1-3H3. The molecule has 0 aliphatic heterocycles. The van der Waals surface area contributed by atoms with Crippen molar-refractivity contribution in [3.63, 3.8) is 0 Å². The Kier molecular flexibility index (Phi) is 5.76. The number of rotatable bonds is 6. The third kappa shape index (κ3) is 4.52. The lowest BCUT2D eigenvalue weighted by Gasteiger charge is -2.23. The number of aromatic hydroxyl groups is 1. The average molecular weight is 268 g/mol. The van der Waals surface area contributed by atoms with Gasteiger partial charge in [-0.3, -0.25) is 9.69 Å².